The maximum atomic E-state index is 13.1. The van der Waals surface area contributed by atoms with Crippen molar-refractivity contribution in [2.24, 2.45) is 5.41 Å². The number of aromatic nitrogens is 2. The largest absolute Gasteiger partial charge is 0.494 e. The Labute approximate surface area is 176 Å². The molecule has 0 radical (unpaired) electrons. The van der Waals surface area contributed by atoms with Crippen molar-refractivity contribution in [1.29, 1.82) is 0 Å². The molecule has 0 aliphatic rings. The van der Waals surface area contributed by atoms with Crippen LogP contribution in [0.3, 0.4) is 0 Å². The van der Waals surface area contributed by atoms with Crippen molar-refractivity contribution in [3.63, 3.8) is 0 Å². The van der Waals surface area contributed by atoms with Crippen LogP contribution in [0.5, 0.6) is 17.2 Å². The molecule has 0 N–H and O–H groups in total. The van der Waals surface area contributed by atoms with Gasteiger partial charge in [-0.05, 0) is 37.3 Å². The topological polar surface area (TPSA) is 83.7 Å². The molecule has 0 spiro atoms. The molecule has 0 aliphatic heterocycles. The third kappa shape index (κ3) is 4.45. The summed E-state index contributed by atoms with van der Waals surface area (Å²) in [6, 6.07) is 8.95. The minimum absolute atomic E-state index is 0.118. The highest BCUT2D eigenvalue weighted by Gasteiger charge is 2.33. The van der Waals surface area contributed by atoms with Crippen molar-refractivity contribution in [3.05, 3.63) is 54.2 Å². The van der Waals surface area contributed by atoms with Crippen LogP contribution in [0.25, 0.3) is 11.5 Å². The third-order valence-corrected chi connectivity index (χ3v) is 4.71. The number of ketones is 1. The van der Waals surface area contributed by atoms with E-state index in [-0.39, 0.29) is 5.78 Å². The van der Waals surface area contributed by atoms with E-state index >= 15 is 0 Å². The summed E-state index contributed by atoms with van der Waals surface area (Å²) >= 11 is 0. The van der Waals surface area contributed by atoms with E-state index in [1.807, 2.05) is 39.0 Å². The standard InChI is InChI=1S/C23H26N2O5/c1-6-29-19-12-15(9-10-17(19)27-4)22-25-16(14-30-22)13-23(2,3)21(26)20-18(28-5)8-7-11-24-20/h7-12,14H,6,13H2,1-5H3. The molecule has 7 heteroatoms. The number of pyridine rings is 1. The molecule has 3 rings (SSSR count). The van der Waals surface area contributed by atoms with Gasteiger partial charge in [0.15, 0.2) is 17.3 Å². The van der Waals surface area contributed by atoms with E-state index < -0.39 is 5.41 Å². The van der Waals surface area contributed by atoms with Gasteiger partial charge in [-0.15, -0.1) is 0 Å². The Morgan fingerprint density at radius 1 is 1.10 bits per heavy atom. The number of benzene rings is 1. The highest BCUT2D eigenvalue weighted by Crippen LogP contribution is 2.34. The minimum Gasteiger partial charge on any atom is -0.494 e. The first kappa shape index (κ1) is 21.4. The molecule has 3 aromatic rings. The fourth-order valence-electron chi connectivity index (χ4n) is 3.18. The van der Waals surface area contributed by atoms with Gasteiger partial charge < -0.3 is 18.6 Å². The highest BCUT2D eigenvalue weighted by molar-refractivity contribution is 6.00. The second-order valence-corrected chi connectivity index (χ2v) is 7.39. The predicted molar refractivity (Wildman–Crippen MR) is 112 cm³/mol. The fourth-order valence-corrected chi connectivity index (χ4v) is 3.18. The second kappa shape index (κ2) is 8.98. The van der Waals surface area contributed by atoms with Crippen LogP contribution in [0.15, 0.2) is 47.2 Å². The van der Waals surface area contributed by atoms with Crippen LogP contribution in [0, 0.1) is 5.41 Å². The molecule has 158 valence electrons. The number of carbonyl (C=O) groups excluding carboxylic acids is 1. The first-order chi connectivity index (χ1) is 14.4. The van der Waals surface area contributed by atoms with E-state index in [1.165, 1.54) is 7.11 Å². The predicted octanol–water partition coefficient (Wildman–Crippen LogP) is 4.60. The highest BCUT2D eigenvalue weighted by atomic mass is 16.5. The van der Waals surface area contributed by atoms with Gasteiger partial charge in [0.05, 0.1) is 26.5 Å². The van der Waals surface area contributed by atoms with E-state index in [1.54, 1.807) is 31.7 Å². The van der Waals surface area contributed by atoms with Gasteiger partial charge in [-0.2, -0.15) is 0 Å². The minimum atomic E-state index is -0.744. The first-order valence-corrected chi connectivity index (χ1v) is 9.69. The summed E-state index contributed by atoms with van der Waals surface area (Å²) in [6.45, 7) is 6.14. The smallest absolute Gasteiger partial charge is 0.226 e. The van der Waals surface area contributed by atoms with Gasteiger partial charge in [-0.1, -0.05) is 13.8 Å². The van der Waals surface area contributed by atoms with Crippen LogP contribution in [-0.2, 0) is 6.42 Å². The monoisotopic (exact) mass is 410 g/mol. The van der Waals surface area contributed by atoms with E-state index in [2.05, 4.69) is 9.97 Å². The van der Waals surface area contributed by atoms with E-state index in [9.17, 15) is 4.79 Å². The van der Waals surface area contributed by atoms with Gasteiger partial charge in [0.2, 0.25) is 5.89 Å². The molecule has 7 nitrogen and oxygen atoms in total. The molecule has 0 saturated carbocycles. The van der Waals surface area contributed by atoms with Crippen LogP contribution < -0.4 is 14.2 Å². The van der Waals surface area contributed by atoms with Gasteiger partial charge in [0.25, 0.3) is 0 Å². The van der Waals surface area contributed by atoms with Crippen LogP contribution in [0.1, 0.15) is 37.0 Å². The Bertz CT molecular complexity index is 1030. The zero-order chi connectivity index (χ0) is 21.7. The molecular formula is C23H26N2O5. The normalized spacial score (nSPS) is 11.2. The van der Waals surface area contributed by atoms with Crippen molar-refractivity contribution in [2.45, 2.75) is 27.2 Å². The van der Waals surface area contributed by atoms with E-state index in [0.717, 1.165) is 5.56 Å². The molecule has 0 amide bonds. The Hall–Kier alpha value is -3.35. The molecule has 0 fully saturated rings. The molecule has 2 aromatic heterocycles. The summed E-state index contributed by atoms with van der Waals surface area (Å²) in [7, 11) is 3.12. The number of methoxy groups -OCH3 is 2. The molecule has 0 unspecified atom stereocenters. The van der Waals surface area contributed by atoms with Gasteiger partial charge in [0, 0.05) is 23.6 Å². The number of oxazole rings is 1. The molecule has 0 saturated heterocycles. The molecular weight excluding hydrogens is 384 g/mol. The number of hydrogen-bond acceptors (Lipinski definition) is 7. The molecule has 30 heavy (non-hydrogen) atoms. The van der Waals surface area contributed by atoms with Crippen molar-refractivity contribution < 1.29 is 23.4 Å². The van der Waals surface area contributed by atoms with Crippen molar-refractivity contribution in [1.82, 2.24) is 9.97 Å². The Morgan fingerprint density at radius 2 is 1.87 bits per heavy atom. The molecule has 0 aliphatic carbocycles. The summed E-state index contributed by atoms with van der Waals surface area (Å²) in [5.41, 5.74) is 1.00. The number of nitrogens with zero attached hydrogens (tertiary/aromatic N) is 2. The lowest BCUT2D eigenvalue weighted by Crippen LogP contribution is -2.28. The Morgan fingerprint density at radius 3 is 2.57 bits per heavy atom. The van der Waals surface area contributed by atoms with Crippen molar-refractivity contribution in [2.75, 3.05) is 20.8 Å². The average Bonchev–Trinajstić information content (AvgIpc) is 3.21. The summed E-state index contributed by atoms with van der Waals surface area (Å²) in [5, 5.41) is 0. The molecule has 2 heterocycles. The summed E-state index contributed by atoms with van der Waals surface area (Å²) in [4.78, 5) is 21.9. The third-order valence-electron chi connectivity index (χ3n) is 4.71. The van der Waals surface area contributed by atoms with Crippen LogP contribution in [-0.4, -0.2) is 36.6 Å². The molecule has 0 atom stereocenters. The quantitative estimate of drug-likeness (QED) is 0.477. The zero-order valence-corrected chi connectivity index (χ0v) is 17.9. The fraction of sp³-hybridized carbons (Fsp3) is 0.348. The molecule has 1 aromatic carbocycles. The van der Waals surface area contributed by atoms with Crippen LogP contribution >= 0.6 is 0 Å². The van der Waals surface area contributed by atoms with Gasteiger partial charge in [-0.3, -0.25) is 4.79 Å². The summed E-state index contributed by atoms with van der Waals surface area (Å²) in [5.74, 6) is 2.05. The number of carbonyl (C=O) groups is 1. The van der Waals surface area contributed by atoms with Gasteiger partial charge in [-0.25, -0.2) is 9.97 Å². The van der Waals surface area contributed by atoms with E-state index in [0.29, 0.717) is 47.6 Å². The lowest BCUT2D eigenvalue weighted by atomic mass is 9.81. The maximum absolute atomic E-state index is 13.1. The van der Waals surface area contributed by atoms with E-state index in [4.69, 9.17) is 18.6 Å². The van der Waals surface area contributed by atoms with Crippen molar-refractivity contribution in [3.8, 4) is 28.7 Å². The van der Waals surface area contributed by atoms with Gasteiger partial charge >= 0.3 is 0 Å². The zero-order valence-electron chi connectivity index (χ0n) is 17.9. The van der Waals surface area contributed by atoms with Gasteiger partial charge in [0.1, 0.15) is 17.7 Å². The maximum Gasteiger partial charge on any atom is 0.226 e. The van der Waals surface area contributed by atoms with Crippen LogP contribution in [0.4, 0.5) is 0 Å². The Balaban J connectivity index is 1.82. The Kier molecular flexibility index (Phi) is 6.40. The second-order valence-electron chi connectivity index (χ2n) is 7.39. The van der Waals surface area contributed by atoms with Crippen LogP contribution in [0.2, 0.25) is 0 Å². The number of rotatable bonds is 9. The number of Topliss-reactive ketones (excluding diaryl/α,β-unsaturated/α-hetero) is 1. The summed E-state index contributed by atoms with van der Waals surface area (Å²) < 4.78 is 21.9. The number of ether oxygens (including phenoxy) is 3. The lowest BCUT2D eigenvalue weighted by Gasteiger charge is -2.22. The first-order valence-electron chi connectivity index (χ1n) is 9.69. The summed E-state index contributed by atoms with van der Waals surface area (Å²) in [6.07, 6.45) is 3.55. The SMILES string of the molecule is CCOc1cc(-c2nc(CC(C)(C)C(=O)c3ncccc3OC)co2)ccc1OC. The lowest BCUT2D eigenvalue weighted by molar-refractivity contribution is 0.0827. The van der Waals surface area contributed by atoms with Crippen molar-refractivity contribution >= 4 is 5.78 Å². The average molecular weight is 410 g/mol. The number of hydrogen-bond donors (Lipinski definition) is 0. The molecule has 0 bridgehead atoms.